The molecule has 0 aliphatic carbocycles. The largest absolute Gasteiger partial charge is 0.453 e. The summed E-state index contributed by atoms with van der Waals surface area (Å²) in [4.78, 5) is 26.1. The molecule has 1 aliphatic rings. The molecule has 2 amide bonds. The van der Waals surface area contributed by atoms with E-state index in [0.29, 0.717) is 0 Å². The maximum Gasteiger partial charge on any atom is 0.407 e. The van der Waals surface area contributed by atoms with Crippen LogP contribution in [-0.2, 0) is 16.0 Å². The molecule has 1 N–H and O–H groups in total. The molecular formula is C16H22N2O3. The summed E-state index contributed by atoms with van der Waals surface area (Å²) in [6.07, 6.45) is 0.257. The summed E-state index contributed by atoms with van der Waals surface area (Å²) in [7, 11) is 1.30. The second kappa shape index (κ2) is 6.16. The number of amides is 2. The summed E-state index contributed by atoms with van der Waals surface area (Å²) in [6, 6.07) is 7.40. The molecule has 1 aliphatic heterocycles. The van der Waals surface area contributed by atoms with Crippen molar-refractivity contribution in [1.82, 2.24) is 5.32 Å². The Labute approximate surface area is 125 Å². The molecule has 0 radical (unpaired) electrons. The fourth-order valence-electron chi connectivity index (χ4n) is 2.75. The molecule has 0 bridgehead atoms. The zero-order chi connectivity index (χ0) is 15.6. The average Bonchev–Trinajstić information content (AvgIpc) is 2.79. The summed E-state index contributed by atoms with van der Waals surface area (Å²) in [5.41, 5.74) is 2.10. The first kappa shape index (κ1) is 15.4. The van der Waals surface area contributed by atoms with E-state index in [4.69, 9.17) is 0 Å². The highest BCUT2D eigenvalue weighted by atomic mass is 16.5. The number of hydrogen-bond acceptors (Lipinski definition) is 3. The molecule has 1 aromatic carbocycles. The van der Waals surface area contributed by atoms with Crippen molar-refractivity contribution in [3.63, 3.8) is 0 Å². The predicted molar refractivity (Wildman–Crippen MR) is 81.3 cm³/mol. The molecule has 2 unspecified atom stereocenters. The lowest BCUT2D eigenvalue weighted by Crippen LogP contribution is -2.52. The van der Waals surface area contributed by atoms with Crippen LogP contribution in [0.5, 0.6) is 0 Å². The predicted octanol–water partition coefficient (Wildman–Crippen LogP) is 2.34. The van der Waals surface area contributed by atoms with Gasteiger partial charge < -0.3 is 15.0 Å². The normalized spacial score (nSPS) is 18.3. The van der Waals surface area contributed by atoms with Gasteiger partial charge >= 0.3 is 6.09 Å². The van der Waals surface area contributed by atoms with E-state index in [1.165, 1.54) is 12.7 Å². The van der Waals surface area contributed by atoms with E-state index in [0.717, 1.165) is 12.1 Å². The minimum atomic E-state index is -0.592. The van der Waals surface area contributed by atoms with Crippen molar-refractivity contribution < 1.29 is 14.3 Å². The van der Waals surface area contributed by atoms with Crippen LogP contribution in [0.3, 0.4) is 0 Å². The molecule has 5 heteroatoms. The first-order valence-corrected chi connectivity index (χ1v) is 7.21. The number of ether oxygens (including phenoxy) is 1. The number of hydrogen-bond donors (Lipinski definition) is 1. The zero-order valence-corrected chi connectivity index (χ0v) is 12.9. The van der Waals surface area contributed by atoms with Gasteiger partial charge in [0.1, 0.15) is 6.04 Å². The molecule has 0 saturated heterocycles. The molecule has 5 nitrogen and oxygen atoms in total. The van der Waals surface area contributed by atoms with Gasteiger partial charge in [-0.05, 0) is 30.9 Å². The maximum atomic E-state index is 12.9. The highest BCUT2D eigenvalue weighted by Gasteiger charge is 2.36. The maximum absolute atomic E-state index is 12.9. The number of carbonyl (C=O) groups is 2. The molecule has 21 heavy (non-hydrogen) atoms. The van der Waals surface area contributed by atoms with Crippen LogP contribution in [0.25, 0.3) is 0 Å². The Balaban J connectivity index is 2.27. The van der Waals surface area contributed by atoms with Crippen molar-refractivity contribution in [2.24, 2.45) is 5.92 Å². The van der Waals surface area contributed by atoms with E-state index in [1.54, 1.807) is 4.90 Å². The van der Waals surface area contributed by atoms with Crippen LogP contribution in [-0.4, -0.2) is 31.2 Å². The van der Waals surface area contributed by atoms with Gasteiger partial charge in [-0.1, -0.05) is 32.0 Å². The Morgan fingerprint density at radius 1 is 1.33 bits per heavy atom. The van der Waals surface area contributed by atoms with Crippen LogP contribution < -0.4 is 10.2 Å². The summed E-state index contributed by atoms with van der Waals surface area (Å²) in [5, 5.41) is 2.64. The summed E-state index contributed by atoms with van der Waals surface area (Å²) in [6.45, 7) is 5.84. The smallest absolute Gasteiger partial charge is 0.407 e. The minimum absolute atomic E-state index is 0.0171. The molecule has 1 aromatic rings. The Hall–Kier alpha value is -2.04. The van der Waals surface area contributed by atoms with Crippen LogP contribution in [0.4, 0.5) is 10.5 Å². The van der Waals surface area contributed by atoms with Gasteiger partial charge in [-0.15, -0.1) is 0 Å². The second-order valence-corrected chi connectivity index (χ2v) is 5.75. The third-order valence-corrected chi connectivity index (χ3v) is 3.84. The number of nitrogens with zero attached hydrogens (tertiary/aromatic N) is 1. The summed E-state index contributed by atoms with van der Waals surface area (Å²) in [5.74, 6) is -0.107. The van der Waals surface area contributed by atoms with Crippen LogP contribution in [0.2, 0.25) is 0 Å². The minimum Gasteiger partial charge on any atom is -0.453 e. The quantitative estimate of drug-likeness (QED) is 0.929. The molecule has 0 spiro atoms. The number of nitrogens with one attached hydrogen (secondary N) is 1. The molecule has 0 aromatic heterocycles. The third kappa shape index (κ3) is 3.01. The monoisotopic (exact) mass is 290 g/mol. The van der Waals surface area contributed by atoms with Gasteiger partial charge in [-0.25, -0.2) is 4.79 Å². The van der Waals surface area contributed by atoms with Crippen molar-refractivity contribution in [3.8, 4) is 0 Å². The zero-order valence-electron chi connectivity index (χ0n) is 12.9. The standard InChI is InChI=1S/C16H22N2O3/c1-10(2)14(17-16(20)21-4)15(19)18-11(3)9-12-7-5-6-8-13(12)18/h5-8,10-11,14H,9H2,1-4H3,(H,17,20). The number of anilines is 1. The van der Waals surface area contributed by atoms with Crippen LogP contribution in [0.1, 0.15) is 26.3 Å². The Bertz CT molecular complexity index is 542. The molecule has 0 fully saturated rings. The van der Waals surface area contributed by atoms with Gasteiger partial charge in [0.25, 0.3) is 0 Å². The van der Waals surface area contributed by atoms with Crippen LogP contribution >= 0.6 is 0 Å². The van der Waals surface area contributed by atoms with E-state index in [9.17, 15) is 9.59 Å². The lowest BCUT2D eigenvalue weighted by Gasteiger charge is -2.29. The number of carbonyl (C=O) groups excluding carboxylic acids is 2. The van der Waals surface area contributed by atoms with Crippen molar-refractivity contribution in [3.05, 3.63) is 29.8 Å². The lowest BCUT2D eigenvalue weighted by atomic mass is 10.0. The highest BCUT2D eigenvalue weighted by Crippen LogP contribution is 2.32. The number of benzene rings is 1. The van der Waals surface area contributed by atoms with Gasteiger partial charge in [-0.3, -0.25) is 4.79 Å². The Kier molecular flexibility index (Phi) is 4.50. The van der Waals surface area contributed by atoms with E-state index < -0.39 is 12.1 Å². The van der Waals surface area contributed by atoms with E-state index >= 15 is 0 Å². The fourth-order valence-corrected chi connectivity index (χ4v) is 2.75. The van der Waals surface area contributed by atoms with Gasteiger partial charge in [0.05, 0.1) is 7.11 Å². The van der Waals surface area contributed by atoms with E-state index in [-0.39, 0.29) is 17.9 Å². The topological polar surface area (TPSA) is 58.6 Å². The van der Waals surface area contributed by atoms with Gasteiger partial charge in [-0.2, -0.15) is 0 Å². The van der Waals surface area contributed by atoms with Crippen molar-refractivity contribution in [1.29, 1.82) is 0 Å². The molecular weight excluding hydrogens is 268 g/mol. The van der Waals surface area contributed by atoms with Gasteiger partial charge in [0, 0.05) is 11.7 Å². The number of fused-ring (bicyclic) bond motifs is 1. The molecule has 2 rings (SSSR count). The Morgan fingerprint density at radius 3 is 2.62 bits per heavy atom. The third-order valence-electron chi connectivity index (χ3n) is 3.84. The molecule has 1 heterocycles. The Morgan fingerprint density at radius 2 is 2.00 bits per heavy atom. The fraction of sp³-hybridized carbons (Fsp3) is 0.500. The van der Waals surface area contributed by atoms with E-state index in [2.05, 4.69) is 10.1 Å². The SMILES string of the molecule is COC(=O)NC(C(=O)N1c2ccccc2CC1C)C(C)C. The summed E-state index contributed by atoms with van der Waals surface area (Å²) < 4.78 is 4.62. The van der Waals surface area contributed by atoms with Crippen LogP contribution in [0.15, 0.2) is 24.3 Å². The number of para-hydroxylation sites is 1. The molecule has 0 saturated carbocycles. The highest BCUT2D eigenvalue weighted by molar-refractivity contribution is 6.01. The van der Waals surface area contributed by atoms with Crippen molar-refractivity contribution in [2.45, 2.75) is 39.3 Å². The average molecular weight is 290 g/mol. The number of alkyl carbamates (subject to hydrolysis) is 1. The van der Waals surface area contributed by atoms with Gasteiger partial charge in [0.2, 0.25) is 5.91 Å². The van der Waals surface area contributed by atoms with E-state index in [1.807, 2.05) is 45.0 Å². The molecule has 2 atom stereocenters. The first-order valence-electron chi connectivity index (χ1n) is 7.21. The summed E-state index contributed by atoms with van der Waals surface area (Å²) >= 11 is 0. The van der Waals surface area contributed by atoms with Crippen LogP contribution in [0, 0.1) is 5.92 Å². The number of rotatable bonds is 3. The van der Waals surface area contributed by atoms with Gasteiger partial charge in [0.15, 0.2) is 0 Å². The van der Waals surface area contributed by atoms with Crippen molar-refractivity contribution >= 4 is 17.7 Å². The lowest BCUT2D eigenvalue weighted by molar-refractivity contribution is -0.121. The first-order chi connectivity index (χ1) is 9.95. The van der Waals surface area contributed by atoms with Crippen molar-refractivity contribution in [2.75, 3.05) is 12.0 Å². The molecule has 114 valence electrons. The second-order valence-electron chi connectivity index (χ2n) is 5.75. The number of methoxy groups -OCH3 is 1.